The summed E-state index contributed by atoms with van der Waals surface area (Å²) < 4.78 is 0. The van der Waals surface area contributed by atoms with E-state index in [0.29, 0.717) is 18.5 Å². The van der Waals surface area contributed by atoms with Crippen LogP contribution in [-0.4, -0.2) is 25.5 Å². The van der Waals surface area contributed by atoms with E-state index in [9.17, 15) is 4.79 Å². The van der Waals surface area contributed by atoms with E-state index in [0.717, 1.165) is 12.8 Å². The molecule has 3 heteroatoms. The molecular formula is C14H20N2O. The molecule has 1 aliphatic rings. The van der Waals surface area contributed by atoms with Crippen molar-refractivity contribution in [2.75, 3.05) is 13.6 Å². The first-order chi connectivity index (χ1) is 8.19. The van der Waals surface area contributed by atoms with E-state index in [-0.39, 0.29) is 5.91 Å². The summed E-state index contributed by atoms with van der Waals surface area (Å²) in [5.41, 5.74) is 2.73. The van der Waals surface area contributed by atoms with Gasteiger partial charge in [-0.15, -0.1) is 0 Å². The molecule has 1 amide bonds. The fraction of sp³-hybridized carbons (Fsp3) is 0.500. The predicted octanol–water partition coefficient (Wildman–Crippen LogP) is 1.58. The van der Waals surface area contributed by atoms with Gasteiger partial charge in [-0.25, -0.2) is 0 Å². The predicted molar refractivity (Wildman–Crippen MR) is 69.0 cm³/mol. The van der Waals surface area contributed by atoms with Crippen molar-refractivity contribution in [1.29, 1.82) is 0 Å². The Labute approximate surface area is 103 Å². The maximum atomic E-state index is 11.1. The molecule has 92 valence electrons. The molecule has 0 radical (unpaired) electrons. The second kappa shape index (κ2) is 5.32. The van der Waals surface area contributed by atoms with Gasteiger partial charge >= 0.3 is 0 Å². The lowest BCUT2D eigenvalue weighted by molar-refractivity contribution is -0.120. The fourth-order valence-electron chi connectivity index (χ4n) is 2.22. The number of carbonyl (C=O) groups is 1. The number of benzene rings is 1. The summed E-state index contributed by atoms with van der Waals surface area (Å²) in [5, 5.41) is 5.89. The van der Waals surface area contributed by atoms with Crippen molar-refractivity contribution in [1.82, 2.24) is 10.6 Å². The van der Waals surface area contributed by atoms with Crippen LogP contribution in [-0.2, 0) is 4.79 Å². The molecule has 1 saturated carbocycles. The second-order valence-corrected chi connectivity index (χ2v) is 4.83. The Balaban J connectivity index is 1.75. The van der Waals surface area contributed by atoms with E-state index >= 15 is 0 Å². The molecule has 0 atom stereocenters. The topological polar surface area (TPSA) is 41.1 Å². The summed E-state index contributed by atoms with van der Waals surface area (Å²) >= 11 is 0. The molecule has 3 nitrogen and oxygen atoms in total. The minimum atomic E-state index is 0.0591. The standard InChI is InChI=1S/C14H20N2O/c1-10-3-5-11(6-4-10)12-7-13(8-12)16-9-14(17)15-2/h3-6,12-13,16H,7-9H2,1-2H3,(H,15,17). The quantitative estimate of drug-likeness (QED) is 0.827. The summed E-state index contributed by atoms with van der Waals surface area (Å²) in [6, 6.07) is 9.27. The first-order valence-corrected chi connectivity index (χ1v) is 6.19. The van der Waals surface area contributed by atoms with Crippen molar-refractivity contribution in [3.8, 4) is 0 Å². The highest BCUT2D eigenvalue weighted by Gasteiger charge is 2.29. The van der Waals surface area contributed by atoms with Gasteiger partial charge < -0.3 is 10.6 Å². The van der Waals surface area contributed by atoms with Gasteiger partial charge in [-0.2, -0.15) is 0 Å². The third-order valence-corrected chi connectivity index (χ3v) is 3.52. The molecule has 1 aromatic carbocycles. The first kappa shape index (κ1) is 12.1. The van der Waals surface area contributed by atoms with Crippen LogP contribution in [0.3, 0.4) is 0 Å². The van der Waals surface area contributed by atoms with Gasteiger partial charge in [0.1, 0.15) is 0 Å². The SMILES string of the molecule is CNC(=O)CNC1CC(c2ccc(C)cc2)C1. The van der Waals surface area contributed by atoms with Gasteiger partial charge in [-0.3, -0.25) is 4.79 Å². The van der Waals surface area contributed by atoms with Crippen molar-refractivity contribution in [2.45, 2.75) is 31.7 Å². The molecule has 0 heterocycles. The van der Waals surface area contributed by atoms with Crippen LogP contribution in [0.25, 0.3) is 0 Å². The van der Waals surface area contributed by atoms with E-state index in [2.05, 4.69) is 41.8 Å². The fourth-order valence-corrected chi connectivity index (χ4v) is 2.22. The van der Waals surface area contributed by atoms with E-state index < -0.39 is 0 Å². The number of rotatable bonds is 4. The van der Waals surface area contributed by atoms with Gasteiger partial charge in [0.05, 0.1) is 6.54 Å². The lowest BCUT2D eigenvalue weighted by Crippen LogP contribution is -2.44. The molecule has 0 spiro atoms. The molecule has 0 bridgehead atoms. The number of amides is 1. The van der Waals surface area contributed by atoms with Gasteiger partial charge in [0.25, 0.3) is 0 Å². The van der Waals surface area contributed by atoms with Gasteiger partial charge in [-0.05, 0) is 31.2 Å². The van der Waals surface area contributed by atoms with Crippen molar-refractivity contribution in [2.24, 2.45) is 0 Å². The van der Waals surface area contributed by atoms with Gasteiger partial charge in [0, 0.05) is 13.1 Å². The Morgan fingerprint density at radius 2 is 1.94 bits per heavy atom. The smallest absolute Gasteiger partial charge is 0.233 e. The van der Waals surface area contributed by atoms with Crippen molar-refractivity contribution >= 4 is 5.91 Å². The molecule has 1 fully saturated rings. The highest BCUT2D eigenvalue weighted by atomic mass is 16.1. The van der Waals surface area contributed by atoms with Crippen molar-refractivity contribution in [3.05, 3.63) is 35.4 Å². The highest BCUT2D eigenvalue weighted by Crippen LogP contribution is 2.36. The van der Waals surface area contributed by atoms with Crippen LogP contribution in [0.1, 0.15) is 29.9 Å². The van der Waals surface area contributed by atoms with Gasteiger partial charge in [-0.1, -0.05) is 29.8 Å². The Morgan fingerprint density at radius 1 is 1.29 bits per heavy atom. The maximum Gasteiger partial charge on any atom is 0.233 e. The minimum Gasteiger partial charge on any atom is -0.358 e. The summed E-state index contributed by atoms with van der Waals surface area (Å²) in [6.45, 7) is 2.54. The van der Waals surface area contributed by atoms with E-state index in [1.165, 1.54) is 11.1 Å². The first-order valence-electron chi connectivity index (χ1n) is 6.19. The number of hydrogen-bond donors (Lipinski definition) is 2. The van der Waals surface area contributed by atoms with E-state index in [4.69, 9.17) is 0 Å². The molecule has 0 unspecified atom stereocenters. The highest BCUT2D eigenvalue weighted by molar-refractivity contribution is 5.77. The average molecular weight is 232 g/mol. The van der Waals surface area contributed by atoms with Crippen LogP contribution in [0.15, 0.2) is 24.3 Å². The molecule has 1 aromatic rings. The second-order valence-electron chi connectivity index (χ2n) is 4.83. The molecule has 2 N–H and O–H groups in total. The molecule has 17 heavy (non-hydrogen) atoms. The largest absolute Gasteiger partial charge is 0.358 e. The number of aryl methyl sites for hydroxylation is 1. The molecule has 0 aliphatic heterocycles. The van der Waals surface area contributed by atoms with Gasteiger partial charge in [0.15, 0.2) is 0 Å². The van der Waals surface area contributed by atoms with Crippen LogP contribution < -0.4 is 10.6 Å². The molecule has 2 rings (SSSR count). The zero-order chi connectivity index (χ0) is 12.3. The van der Waals surface area contributed by atoms with Crippen LogP contribution in [0, 0.1) is 6.92 Å². The Bertz CT molecular complexity index is 380. The lowest BCUT2D eigenvalue weighted by atomic mass is 9.76. The summed E-state index contributed by atoms with van der Waals surface area (Å²) in [5.74, 6) is 0.724. The molecule has 0 saturated heterocycles. The zero-order valence-electron chi connectivity index (χ0n) is 10.5. The molecule has 0 aromatic heterocycles. The average Bonchev–Trinajstić information content (AvgIpc) is 2.29. The number of carbonyl (C=O) groups excluding carboxylic acids is 1. The monoisotopic (exact) mass is 232 g/mol. The third-order valence-electron chi connectivity index (χ3n) is 3.52. The zero-order valence-corrected chi connectivity index (χ0v) is 10.5. The van der Waals surface area contributed by atoms with Gasteiger partial charge in [0.2, 0.25) is 5.91 Å². The third kappa shape index (κ3) is 3.07. The van der Waals surface area contributed by atoms with Crippen LogP contribution in [0.2, 0.25) is 0 Å². The number of likely N-dealkylation sites (N-methyl/N-ethyl adjacent to an activating group) is 1. The Morgan fingerprint density at radius 3 is 2.53 bits per heavy atom. The Hall–Kier alpha value is -1.35. The lowest BCUT2D eigenvalue weighted by Gasteiger charge is -2.36. The van der Waals surface area contributed by atoms with Crippen LogP contribution >= 0.6 is 0 Å². The maximum absolute atomic E-state index is 11.1. The van der Waals surface area contributed by atoms with Crippen molar-refractivity contribution < 1.29 is 4.79 Å². The van der Waals surface area contributed by atoms with E-state index in [1.54, 1.807) is 7.05 Å². The summed E-state index contributed by atoms with van der Waals surface area (Å²) in [7, 11) is 1.67. The number of hydrogen-bond acceptors (Lipinski definition) is 2. The molecule has 1 aliphatic carbocycles. The van der Waals surface area contributed by atoms with Crippen molar-refractivity contribution in [3.63, 3.8) is 0 Å². The normalized spacial score (nSPS) is 22.9. The summed E-state index contributed by atoms with van der Waals surface area (Å²) in [6.07, 6.45) is 2.28. The number of nitrogens with one attached hydrogen (secondary N) is 2. The minimum absolute atomic E-state index is 0.0591. The van der Waals surface area contributed by atoms with Crippen LogP contribution in [0.4, 0.5) is 0 Å². The van der Waals surface area contributed by atoms with Crippen LogP contribution in [0.5, 0.6) is 0 Å². The summed E-state index contributed by atoms with van der Waals surface area (Å²) in [4.78, 5) is 11.1. The molecular weight excluding hydrogens is 212 g/mol. The van der Waals surface area contributed by atoms with E-state index in [1.807, 2.05) is 0 Å². The Kier molecular flexibility index (Phi) is 3.79.